The Morgan fingerprint density at radius 2 is 2.17 bits per heavy atom. The number of nitrogens with zero attached hydrogens (tertiary/aromatic N) is 2. The van der Waals surface area contributed by atoms with Gasteiger partial charge in [-0.1, -0.05) is 12.1 Å². The van der Waals surface area contributed by atoms with Gasteiger partial charge in [0.05, 0.1) is 23.3 Å². The van der Waals surface area contributed by atoms with Crippen LogP contribution in [0.5, 0.6) is 0 Å². The Balaban J connectivity index is 2.14. The first kappa shape index (κ1) is 11.2. The molecule has 18 heavy (non-hydrogen) atoms. The number of rotatable bonds is 2. The smallest absolute Gasteiger partial charge is 0.178 e. The van der Waals surface area contributed by atoms with Gasteiger partial charge in [-0.2, -0.15) is 0 Å². The Morgan fingerprint density at radius 3 is 2.94 bits per heavy atom. The van der Waals surface area contributed by atoms with Crippen LogP contribution in [-0.4, -0.2) is 14.5 Å². The molecule has 4 heteroatoms. The number of H-pyrrole nitrogens is 1. The van der Waals surface area contributed by atoms with Crippen molar-refractivity contribution in [1.29, 1.82) is 0 Å². The van der Waals surface area contributed by atoms with Crippen molar-refractivity contribution in [3.05, 3.63) is 58.6 Å². The molecule has 1 N–H and O–H groups in total. The van der Waals surface area contributed by atoms with Crippen molar-refractivity contribution >= 4 is 23.3 Å². The monoisotopic (exact) mass is 255 g/mol. The van der Waals surface area contributed by atoms with Gasteiger partial charge in [0.15, 0.2) is 4.77 Å². The van der Waals surface area contributed by atoms with Crippen LogP contribution in [0.25, 0.3) is 11.0 Å². The molecule has 2 heterocycles. The number of hydrogen-bond acceptors (Lipinski definition) is 2. The van der Waals surface area contributed by atoms with Gasteiger partial charge < -0.3 is 9.55 Å². The number of hydrogen-bond donors (Lipinski definition) is 1. The molecule has 1 aromatic carbocycles. The van der Waals surface area contributed by atoms with Gasteiger partial charge in [-0.25, -0.2) is 0 Å². The lowest BCUT2D eigenvalue weighted by Crippen LogP contribution is -2.01. The molecule has 0 spiro atoms. The predicted octanol–water partition coefficient (Wildman–Crippen LogP) is 3.45. The maximum atomic E-state index is 5.37. The number of benzene rings is 1. The first-order chi connectivity index (χ1) is 8.74. The van der Waals surface area contributed by atoms with E-state index in [4.69, 9.17) is 12.2 Å². The van der Waals surface area contributed by atoms with Crippen molar-refractivity contribution in [1.82, 2.24) is 14.5 Å². The minimum absolute atomic E-state index is 0.698. The molecule has 0 bridgehead atoms. The van der Waals surface area contributed by atoms with Crippen molar-refractivity contribution in [3.8, 4) is 0 Å². The molecule has 0 radical (unpaired) electrons. The summed E-state index contributed by atoms with van der Waals surface area (Å²) in [6.45, 7) is 2.78. The van der Waals surface area contributed by atoms with Gasteiger partial charge in [0.2, 0.25) is 0 Å². The normalized spacial score (nSPS) is 10.9. The number of pyridine rings is 1. The van der Waals surface area contributed by atoms with Crippen LogP contribution < -0.4 is 0 Å². The molecule has 0 saturated carbocycles. The van der Waals surface area contributed by atoms with E-state index in [2.05, 4.69) is 39.7 Å². The lowest BCUT2D eigenvalue weighted by atomic mass is 10.2. The average Bonchev–Trinajstić information content (AvgIpc) is 2.67. The summed E-state index contributed by atoms with van der Waals surface area (Å²) in [6, 6.07) is 12.2. The molecule has 0 fully saturated rings. The fourth-order valence-corrected chi connectivity index (χ4v) is 2.35. The molecule has 0 aliphatic rings. The summed E-state index contributed by atoms with van der Waals surface area (Å²) < 4.78 is 2.82. The standard InChI is InChI=1S/C14H13N3S/c1-10-5-6-12-13(8-10)17(14(18)16-12)9-11-4-2-3-7-15-11/h2-8H,9H2,1H3,(H,16,18). The molecule has 0 aliphatic carbocycles. The quantitative estimate of drug-likeness (QED) is 0.712. The highest BCUT2D eigenvalue weighted by Crippen LogP contribution is 2.17. The second-order valence-corrected chi connectivity index (χ2v) is 4.74. The molecule has 0 aliphatic heterocycles. The minimum atomic E-state index is 0.698. The van der Waals surface area contributed by atoms with E-state index < -0.39 is 0 Å². The summed E-state index contributed by atoms with van der Waals surface area (Å²) in [4.78, 5) is 7.57. The van der Waals surface area contributed by atoms with Crippen LogP contribution >= 0.6 is 12.2 Å². The maximum Gasteiger partial charge on any atom is 0.178 e. The summed E-state index contributed by atoms with van der Waals surface area (Å²) in [5.74, 6) is 0. The zero-order valence-corrected chi connectivity index (χ0v) is 10.9. The first-order valence-electron chi connectivity index (χ1n) is 5.83. The largest absolute Gasteiger partial charge is 0.331 e. The summed E-state index contributed by atoms with van der Waals surface area (Å²) in [7, 11) is 0. The van der Waals surface area contributed by atoms with Crippen LogP contribution in [-0.2, 0) is 6.54 Å². The fraction of sp³-hybridized carbons (Fsp3) is 0.143. The van der Waals surface area contributed by atoms with Crippen molar-refractivity contribution in [2.45, 2.75) is 13.5 Å². The Kier molecular flexibility index (Phi) is 2.72. The second kappa shape index (κ2) is 4.38. The van der Waals surface area contributed by atoms with E-state index in [0.717, 1.165) is 21.5 Å². The van der Waals surface area contributed by atoms with E-state index in [0.29, 0.717) is 6.54 Å². The Labute approximate surface area is 110 Å². The van der Waals surface area contributed by atoms with Crippen LogP contribution in [0.3, 0.4) is 0 Å². The van der Waals surface area contributed by atoms with Gasteiger partial charge in [0, 0.05) is 6.20 Å². The predicted molar refractivity (Wildman–Crippen MR) is 75.2 cm³/mol. The summed E-state index contributed by atoms with van der Waals surface area (Å²) in [5.41, 5.74) is 4.44. The van der Waals surface area contributed by atoms with E-state index in [1.54, 1.807) is 6.20 Å². The second-order valence-electron chi connectivity index (χ2n) is 4.36. The number of nitrogens with one attached hydrogen (secondary N) is 1. The molecule has 0 atom stereocenters. The molecule has 2 aromatic heterocycles. The SMILES string of the molecule is Cc1ccc2[nH]c(=S)n(Cc3ccccn3)c2c1. The zero-order valence-electron chi connectivity index (χ0n) is 10.1. The van der Waals surface area contributed by atoms with E-state index in [-0.39, 0.29) is 0 Å². The molecule has 0 unspecified atom stereocenters. The molecule has 3 rings (SSSR count). The van der Waals surface area contributed by atoms with E-state index in [1.807, 2.05) is 18.2 Å². The Bertz CT molecular complexity index is 741. The molecule has 0 amide bonds. The first-order valence-corrected chi connectivity index (χ1v) is 6.24. The van der Waals surface area contributed by atoms with Gasteiger partial charge in [0.25, 0.3) is 0 Å². The van der Waals surface area contributed by atoms with E-state index in [1.165, 1.54) is 5.56 Å². The van der Waals surface area contributed by atoms with Crippen molar-refractivity contribution in [2.75, 3.05) is 0 Å². The number of aromatic amines is 1. The van der Waals surface area contributed by atoms with Crippen molar-refractivity contribution < 1.29 is 0 Å². The van der Waals surface area contributed by atoms with E-state index in [9.17, 15) is 0 Å². The zero-order chi connectivity index (χ0) is 12.5. The fourth-order valence-electron chi connectivity index (χ4n) is 2.07. The van der Waals surface area contributed by atoms with Crippen molar-refractivity contribution in [3.63, 3.8) is 0 Å². The highest BCUT2D eigenvalue weighted by atomic mass is 32.1. The van der Waals surface area contributed by atoms with E-state index >= 15 is 0 Å². The van der Waals surface area contributed by atoms with Crippen LogP contribution in [0.15, 0.2) is 42.6 Å². The molecule has 3 nitrogen and oxygen atoms in total. The molecule has 0 saturated heterocycles. The topological polar surface area (TPSA) is 33.6 Å². The highest BCUT2D eigenvalue weighted by Gasteiger charge is 2.05. The summed E-state index contributed by atoms with van der Waals surface area (Å²) in [5, 5.41) is 0. The van der Waals surface area contributed by atoms with Gasteiger partial charge in [0.1, 0.15) is 0 Å². The van der Waals surface area contributed by atoms with Crippen LogP contribution in [0.1, 0.15) is 11.3 Å². The van der Waals surface area contributed by atoms with Crippen LogP contribution in [0.2, 0.25) is 0 Å². The third-order valence-electron chi connectivity index (χ3n) is 2.98. The number of fused-ring (bicyclic) bond motifs is 1. The third-order valence-corrected chi connectivity index (χ3v) is 3.30. The molecule has 3 aromatic rings. The minimum Gasteiger partial charge on any atom is -0.331 e. The summed E-state index contributed by atoms with van der Waals surface area (Å²) in [6.07, 6.45) is 1.80. The van der Waals surface area contributed by atoms with Crippen LogP contribution in [0, 0.1) is 11.7 Å². The molecular formula is C14H13N3S. The number of imidazole rings is 1. The van der Waals surface area contributed by atoms with Gasteiger partial charge >= 0.3 is 0 Å². The lowest BCUT2D eigenvalue weighted by molar-refractivity contribution is 0.785. The van der Waals surface area contributed by atoms with Gasteiger partial charge in [-0.15, -0.1) is 0 Å². The third kappa shape index (κ3) is 1.95. The van der Waals surface area contributed by atoms with Crippen LogP contribution in [0.4, 0.5) is 0 Å². The molecule has 90 valence electrons. The number of aromatic nitrogens is 3. The average molecular weight is 255 g/mol. The highest BCUT2D eigenvalue weighted by molar-refractivity contribution is 7.71. The van der Waals surface area contributed by atoms with Gasteiger partial charge in [-0.3, -0.25) is 4.98 Å². The van der Waals surface area contributed by atoms with Gasteiger partial charge in [-0.05, 0) is 49.0 Å². The molecular weight excluding hydrogens is 242 g/mol. The Morgan fingerprint density at radius 1 is 1.28 bits per heavy atom. The summed E-state index contributed by atoms with van der Waals surface area (Å²) >= 11 is 5.37. The lowest BCUT2D eigenvalue weighted by Gasteiger charge is -2.04. The van der Waals surface area contributed by atoms with Crippen molar-refractivity contribution in [2.24, 2.45) is 0 Å². The number of aryl methyl sites for hydroxylation is 1. The Hall–Kier alpha value is -1.94. The maximum absolute atomic E-state index is 5.37.